The molecule has 0 spiro atoms. The molecule has 0 saturated carbocycles. The molecule has 0 bridgehead atoms. The summed E-state index contributed by atoms with van der Waals surface area (Å²) in [5.41, 5.74) is -1.04. The molecule has 1 atom stereocenters. The number of aliphatic hydroxyl groups excluding tert-OH is 2. The molecule has 0 amide bonds. The minimum absolute atomic E-state index is 0. The van der Waals surface area contributed by atoms with Crippen molar-refractivity contribution in [2.45, 2.75) is 20.0 Å². The minimum Gasteiger partial charge on any atom is -0.860 e. The SMILES string of the molecule is CC(C)(CO)[C@H](O)C([O-])=NCCS(=O)(=O)O.[Na+]. The van der Waals surface area contributed by atoms with Gasteiger partial charge in [0.05, 0.1) is 25.0 Å². The van der Waals surface area contributed by atoms with Crippen LogP contribution in [-0.2, 0) is 10.1 Å². The number of aliphatic imine (C=N–C) groups is 1. The summed E-state index contributed by atoms with van der Waals surface area (Å²) < 4.78 is 29.0. The van der Waals surface area contributed by atoms with Crippen molar-refractivity contribution in [3.05, 3.63) is 0 Å². The van der Waals surface area contributed by atoms with Gasteiger partial charge >= 0.3 is 29.6 Å². The number of nitrogens with zero attached hydrogens (tertiary/aromatic N) is 1. The number of rotatable bonds is 6. The molecule has 0 heterocycles. The summed E-state index contributed by atoms with van der Waals surface area (Å²) >= 11 is 0. The molecule has 7 nitrogen and oxygen atoms in total. The van der Waals surface area contributed by atoms with Gasteiger partial charge in [0.2, 0.25) is 0 Å². The summed E-state index contributed by atoms with van der Waals surface area (Å²) in [6, 6.07) is 0. The number of hydrogen-bond donors (Lipinski definition) is 3. The number of aliphatic hydroxyl groups is 2. The smallest absolute Gasteiger partial charge is 0.860 e. The van der Waals surface area contributed by atoms with Crippen LogP contribution in [-0.4, -0.2) is 54.1 Å². The molecule has 0 saturated heterocycles. The fourth-order valence-corrected chi connectivity index (χ4v) is 1.10. The van der Waals surface area contributed by atoms with Crippen molar-refractivity contribution in [2.24, 2.45) is 10.4 Å². The van der Waals surface area contributed by atoms with Crippen molar-refractivity contribution in [2.75, 3.05) is 18.9 Å². The average Bonchev–Trinajstić information content (AvgIpc) is 2.14. The molecule has 0 aromatic heterocycles. The minimum atomic E-state index is -4.16. The Morgan fingerprint density at radius 2 is 1.94 bits per heavy atom. The predicted octanol–water partition coefficient (Wildman–Crippen LogP) is -4.98. The Hall–Kier alpha value is 0.300. The summed E-state index contributed by atoms with van der Waals surface area (Å²) in [6.45, 7) is 2.10. The monoisotopic (exact) mass is 277 g/mol. The molecular formula is C8H16NNaO6S. The molecule has 17 heavy (non-hydrogen) atoms. The van der Waals surface area contributed by atoms with Crippen LogP contribution in [0.3, 0.4) is 0 Å². The maximum absolute atomic E-state index is 11.2. The summed E-state index contributed by atoms with van der Waals surface area (Å²) in [4.78, 5) is 3.28. The maximum Gasteiger partial charge on any atom is 1.00 e. The van der Waals surface area contributed by atoms with E-state index >= 15 is 0 Å². The normalized spacial score (nSPS) is 15.2. The van der Waals surface area contributed by atoms with Gasteiger partial charge < -0.3 is 20.3 Å². The molecule has 0 aliphatic rings. The molecule has 0 aliphatic carbocycles. The van der Waals surface area contributed by atoms with Crippen molar-refractivity contribution in [1.29, 1.82) is 0 Å². The van der Waals surface area contributed by atoms with Crippen LogP contribution in [0.2, 0.25) is 0 Å². The Morgan fingerprint density at radius 1 is 1.47 bits per heavy atom. The fourth-order valence-electron chi connectivity index (χ4n) is 0.778. The summed E-state index contributed by atoms with van der Waals surface area (Å²) in [5, 5.41) is 29.6. The van der Waals surface area contributed by atoms with E-state index in [1.807, 2.05) is 0 Å². The van der Waals surface area contributed by atoms with Crippen molar-refractivity contribution in [3.63, 3.8) is 0 Å². The number of hydrogen-bond acceptors (Lipinski definition) is 6. The third-order valence-electron chi connectivity index (χ3n) is 2.00. The largest absolute Gasteiger partial charge is 1.00 e. The Balaban J connectivity index is 0. The van der Waals surface area contributed by atoms with Crippen LogP contribution < -0.4 is 34.7 Å². The van der Waals surface area contributed by atoms with Crippen LogP contribution in [0, 0.1) is 5.41 Å². The molecule has 0 aliphatic heterocycles. The predicted molar refractivity (Wildman–Crippen MR) is 55.6 cm³/mol. The van der Waals surface area contributed by atoms with Gasteiger partial charge in [0.25, 0.3) is 10.1 Å². The van der Waals surface area contributed by atoms with E-state index in [1.54, 1.807) is 0 Å². The summed E-state index contributed by atoms with van der Waals surface area (Å²) in [6.07, 6.45) is -1.50. The van der Waals surface area contributed by atoms with E-state index in [2.05, 4.69) is 4.99 Å². The van der Waals surface area contributed by atoms with Crippen LogP contribution >= 0.6 is 0 Å². The van der Waals surface area contributed by atoms with Gasteiger partial charge in [0.1, 0.15) is 0 Å². The van der Waals surface area contributed by atoms with Crippen molar-refractivity contribution in [1.82, 2.24) is 0 Å². The molecule has 0 aromatic rings. The van der Waals surface area contributed by atoms with Crippen molar-refractivity contribution < 1.29 is 57.8 Å². The first-order valence-corrected chi connectivity index (χ1v) is 6.16. The molecule has 0 fully saturated rings. The van der Waals surface area contributed by atoms with E-state index in [4.69, 9.17) is 9.66 Å². The molecule has 9 heteroatoms. The first kappa shape index (κ1) is 19.6. The van der Waals surface area contributed by atoms with Crippen LogP contribution in [0.1, 0.15) is 13.8 Å². The summed E-state index contributed by atoms with van der Waals surface area (Å²) in [5.74, 6) is -1.59. The molecular weight excluding hydrogens is 261 g/mol. The molecule has 3 N–H and O–H groups in total. The zero-order chi connectivity index (χ0) is 13.0. The van der Waals surface area contributed by atoms with Gasteiger partial charge in [-0.15, -0.1) is 0 Å². The van der Waals surface area contributed by atoms with Gasteiger partial charge in [0.15, 0.2) is 0 Å². The first-order valence-electron chi connectivity index (χ1n) is 4.55. The third kappa shape index (κ3) is 8.09. The van der Waals surface area contributed by atoms with Crippen LogP contribution in [0.5, 0.6) is 0 Å². The Labute approximate surface area is 123 Å². The van der Waals surface area contributed by atoms with Crippen molar-refractivity contribution >= 4 is 16.0 Å². The fraction of sp³-hybridized carbons (Fsp3) is 0.875. The zero-order valence-electron chi connectivity index (χ0n) is 10.1. The van der Waals surface area contributed by atoms with E-state index in [-0.39, 0.29) is 29.6 Å². The molecule has 0 rings (SSSR count). The maximum atomic E-state index is 11.2. The molecule has 0 radical (unpaired) electrons. The molecule has 96 valence electrons. The Morgan fingerprint density at radius 3 is 2.29 bits per heavy atom. The van der Waals surface area contributed by atoms with Gasteiger partial charge in [0, 0.05) is 5.41 Å². The van der Waals surface area contributed by atoms with E-state index < -0.39 is 46.4 Å². The van der Waals surface area contributed by atoms with Gasteiger partial charge in [-0.05, 0) is 5.90 Å². The average molecular weight is 277 g/mol. The quantitative estimate of drug-likeness (QED) is 0.193. The van der Waals surface area contributed by atoms with Crippen LogP contribution in [0.25, 0.3) is 0 Å². The van der Waals surface area contributed by atoms with Gasteiger partial charge in [-0.1, -0.05) is 13.8 Å². The van der Waals surface area contributed by atoms with E-state index in [0.717, 1.165) is 0 Å². The molecule has 0 aromatic carbocycles. The van der Waals surface area contributed by atoms with E-state index in [9.17, 15) is 18.6 Å². The topological polar surface area (TPSA) is 130 Å². The van der Waals surface area contributed by atoms with Crippen LogP contribution in [0.4, 0.5) is 0 Å². The van der Waals surface area contributed by atoms with Gasteiger partial charge in [-0.3, -0.25) is 4.55 Å². The van der Waals surface area contributed by atoms with Gasteiger partial charge in [-0.25, -0.2) is 0 Å². The second-order valence-electron chi connectivity index (χ2n) is 4.06. The third-order valence-corrected chi connectivity index (χ3v) is 2.70. The molecule has 0 unspecified atom stereocenters. The second kappa shape index (κ2) is 7.67. The Kier molecular flexibility index (Phi) is 8.86. The zero-order valence-corrected chi connectivity index (χ0v) is 12.9. The second-order valence-corrected chi connectivity index (χ2v) is 5.63. The van der Waals surface area contributed by atoms with Crippen molar-refractivity contribution in [3.8, 4) is 0 Å². The van der Waals surface area contributed by atoms with Gasteiger partial charge in [-0.2, -0.15) is 8.42 Å². The van der Waals surface area contributed by atoms with E-state index in [1.165, 1.54) is 13.8 Å². The van der Waals surface area contributed by atoms with E-state index in [0.29, 0.717) is 0 Å². The summed E-state index contributed by atoms with van der Waals surface area (Å²) in [7, 11) is -4.16. The first-order chi connectivity index (χ1) is 7.10. The standard InChI is InChI=1S/C8H17NO6S.Na/c1-8(2,5-10)6(11)7(12)9-3-4-16(13,14)15;/h6,10-11H,3-5H2,1-2H3,(H,9,12)(H,13,14,15);/q;+1/p-1/t6-;/m1./s1. The Bertz CT molecular complexity index is 353. The van der Waals surface area contributed by atoms with Crippen LogP contribution in [0.15, 0.2) is 4.99 Å².